The van der Waals surface area contributed by atoms with Crippen LogP contribution in [-0.2, 0) is 0 Å². The summed E-state index contributed by atoms with van der Waals surface area (Å²) < 4.78 is 10.8. The number of methoxy groups -OCH3 is 2. The molecule has 0 amide bonds. The van der Waals surface area contributed by atoms with Gasteiger partial charge in [-0.3, -0.25) is 9.59 Å². The number of aromatic hydroxyl groups is 4. The monoisotopic (exact) mass is 510 g/mol. The van der Waals surface area contributed by atoms with E-state index in [1.54, 1.807) is 36.4 Å². The van der Waals surface area contributed by atoms with Gasteiger partial charge in [-0.05, 0) is 46.5 Å². The van der Waals surface area contributed by atoms with E-state index in [0.717, 1.165) is 0 Å². The normalized spacial score (nSPS) is 17.2. The van der Waals surface area contributed by atoms with Crippen molar-refractivity contribution in [2.24, 2.45) is 0 Å². The number of hydrogen-bond acceptors (Lipinski definition) is 8. The molecule has 0 aliphatic heterocycles. The quantitative estimate of drug-likeness (QED) is 0.315. The highest BCUT2D eigenvalue weighted by Gasteiger charge is 2.45. The van der Waals surface area contributed by atoms with Crippen molar-refractivity contribution < 1.29 is 39.5 Å². The molecular weight excluding hydrogens is 488 g/mol. The number of ether oxygens (including phenoxy) is 2. The third-order valence-corrected chi connectivity index (χ3v) is 7.45. The molecule has 8 nitrogen and oxygen atoms in total. The third-order valence-electron chi connectivity index (χ3n) is 7.45. The Kier molecular flexibility index (Phi) is 5.10. The van der Waals surface area contributed by atoms with Gasteiger partial charge < -0.3 is 29.9 Å². The number of phenolic OH excluding ortho intramolecular Hbond substituents is 4. The maximum absolute atomic E-state index is 13.6. The summed E-state index contributed by atoms with van der Waals surface area (Å²) in [5.74, 6) is -3.14. The lowest BCUT2D eigenvalue weighted by atomic mass is 9.63. The molecule has 2 unspecified atom stereocenters. The SMILES string of the molecule is COc1cc(O)c2c(c1)C(C1c3cccc(O)c3C(=O)c3c(O)cc(OC)cc31)c1cccc(O)c1C2=O. The van der Waals surface area contributed by atoms with Crippen molar-refractivity contribution in [3.8, 4) is 34.5 Å². The van der Waals surface area contributed by atoms with Gasteiger partial charge in [0.2, 0.25) is 11.6 Å². The first-order chi connectivity index (χ1) is 18.3. The van der Waals surface area contributed by atoms with Gasteiger partial charge in [0.05, 0.1) is 36.5 Å². The largest absolute Gasteiger partial charge is 0.507 e. The van der Waals surface area contributed by atoms with E-state index in [9.17, 15) is 30.0 Å². The molecule has 6 rings (SSSR count). The van der Waals surface area contributed by atoms with Crippen LogP contribution in [0.25, 0.3) is 0 Å². The van der Waals surface area contributed by atoms with Crippen molar-refractivity contribution in [2.45, 2.75) is 11.8 Å². The Labute approximate surface area is 217 Å². The highest BCUT2D eigenvalue weighted by atomic mass is 16.5. The molecule has 4 aromatic rings. The minimum Gasteiger partial charge on any atom is -0.507 e. The third kappa shape index (κ3) is 3.10. The Hall–Kier alpha value is -4.98. The smallest absolute Gasteiger partial charge is 0.201 e. The standard InChI is InChI=1S/C30H22O8/c1-37-13-9-17-23(15-5-3-7-19(31)25(15)29(35)27(17)21(33)11-13)24-16-6-4-8-20(32)26(16)30(36)28-18(24)10-14(38-2)12-22(28)34/h3-12,23-24,31-34H,1-2H3. The lowest BCUT2D eigenvalue weighted by molar-refractivity contribution is 0.101. The molecule has 0 fully saturated rings. The first kappa shape index (κ1) is 23.4. The van der Waals surface area contributed by atoms with Gasteiger partial charge in [0.25, 0.3) is 0 Å². The average Bonchev–Trinajstić information content (AvgIpc) is 2.89. The van der Waals surface area contributed by atoms with Crippen LogP contribution in [0.3, 0.4) is 0 Å². The molecular formula is C30H22O8. The molecule has 0 saturated heterocycles. The van der Waals surface area contributed by atoms with Gasteiger partial charge in [-0.1, -0.05) is 24.3 Å². The van der Waals surface area contributed by atoms with Crippen molar-refractivity contribution in [3.63, 3.8) is 0 Å². The molecule has 38 heavy (non-hydrogen) atoms. The van der Waals surface area contributed by atoms with E-state index < -0.39 is 23.4 Å². The zero-order valence-electron chi connectivity index (χ0n) is 20.4. The van der Waals surface area contributed by atoms with Crippen LogP contribution in [0.2, 0.25) is 0 Å². The first-order valence-electron chi connectivity index (χ1n) is 11.8. The molecule has 0 saturated carbocycles. The van der Waals surface area contributed by atoms with Crippen LogP contribution in [0.5, 0.6) is 34.5 Å². The molecule has 2 atom stereocenters. The van der Waals surface area contributed by atoms with E-state index in [0.29, 0.717) is 33.8 Å². The molecule has 0 aromatic heterocycles. The summed E-state index contributed by atoms with van der Waals surface area (Å²) in [6, 6.07) is 15.4. The van der Waals surface area contributed by atoms with Crippen LogP contribution in [0.15, 0.2) is 60.7 Å². The fourth-order valence-corrected chi connectivity index (χ4v) is 5.90. The number of ketones is 2. The second-order valence-corrected chi connectivity index (χ2v) is 9.32. The molecule has 8 heteroatoms. The minimum atomic E-state index is -0.746. The summed E-state index contributed by atoms with van der Waals surface area (Å²) in [6.07, 6.45) is 0. The first-order valence-corrected chi connectivity index (χ1v) is 11.8. The van der Waals surface area contributed by atoms with Gasteiger partial charge in [-0.2, -0.15) is 0 Å². The van der Waals surface area contributed by atoms with Crippen LogP contribution in [0.4, 0.5) is 0 Å². The Bertz CT molecular complexity index is 1560. The highest BCUT2D eigenvalue weighted by Crippen LogP contribution is 2.56. The minimum absolute atomic E-state index is 0.00271. The average molecular weight is 510 g/mol. The molecule has 2 aliphatic rings. The van der Waals surface area contributed by atoms with Gasteiger partial charge >= 0.3 is 0 Å². The van der Waals surface area contributed by atoms with E-state index in [1.807, 2.05) is 0 Å². The molecule has 190 valence electrons. The lowest BCUT2D eigenvalue weighted by Crippen LogP contribution is -2.29. The number of carbonyl (C=O) groups excluding carboxylic acids is 2. The van der Waals surface area contributed by atoms with Crippen LogP contribution in [0, 0.1) is 0 Å². The van der Waals surface area contributed by atoms with E-state index in [2.05, 4.69) is 0 Å². The van der Waals surface area contributed by atoms with E-state index in [4.69, 9.17) is 9.47 Å². The second-order valence-electron chi connectivity index (χ2n) is 9.32. The molecule has 4 aromatic carbocycles. The number of fused-ring (bicyclic) bond motifs is 4. The van der Waals surface area contributed by atoms with Crippen molar-refractivity contribution in [1.29, 1.82) is 0 Å². The van der Waals surface area contributed by atoms with Crippen LogP contribution >= 0.6 is 0 Å². The Morgan fingerprint density at radius 1 is 0.526 bits per heavy atom. The number of phenols is 4. The summed E-state index contributed by atoms with van der Waals surface area (Å²) in [5.41, 5.74) is 1.78. The lowest BCUT2D eigenvalue weighted by Gasteiger charge is -2.38. The van der Waals surface area contributed by atoms with Gasteiger partial charge in [0.15, 0.2) is 0 Å². The van der Waals surface area contributed by atoms with E-state index >= 15 is 0 Å². The fourth-order valence-electron chi connectivity index (χ4n) is 5.90. The Morgan fingerprint density at radius 2 is 0.895 bits per heavy atom. The van der Waals surface area contributed by atoms with E-state index in [-0.39, 0.29) is 45.3 Å². The van der Waals surface area contributed by atoms with E-state index in [1.165, 1.54) is 38.5 Å². The summed E-state index contributed by atoms with van der Waals surface area (Å²) in [4.78, 5) is 27.2. The van der Waals surface area contributed by atoms with Crippen LogP contribution in [0.1, 0.15) is 65.9 Å². The molecule has 0 bridgehead atoms. The van der Waals surface area contributed by atoms with Crippen molar-refractivity contribution >= 4 is 11.6 Å². The molecule has 0 radical (unpaired) electrons. The molecule has 0 heterocycles. The number of rotatable bonds is 3. The van der Waals surface area contributed by atoms with Crippen LogP contribution < -0.4 is 9.47 Å². The van der Waals surface area contributed by atoms with Crippen molar-refractivity contribution in [3.05, 3.63) is 105 Å². The predicted molar refractivity (Wildman–Crippen MR) is 136 cm³/mol. The van der Waals surface area contributed by atoms with Crippen molar-refractivity contribution in [2.75, 3.05) is 14.2 Å². The summed E-state index contributed by atoms with van der Waals surface area (Å²) in [5, 5.41) is 43.4. The topological polar surface area (TPSA) is 134 Å². The molecule has 4 N–H and O–H groups in total. The van der Waals surface area contributed by atoms with Gasteiger partial charge in [0.1, 0.15) is 34.5 Å². The van der Waals surface area contributed by atoms with Crippen molar-refractivity contribution in [1.82, 2.24) is 0 Å². The number of benzene rings is 4. The molecule has 2 aliphatic carbocycles. The summed E-state index contributed by atoms with van der Waals surface area (Å²) in [6.45, 7) is 0. The Morgan fingerprint density at radius 3 is 1.26 bits per heavy atom. The van der Waals surface area contributed by atoms with Crippen LogP contribution in [-0.4, -0.2) is 46.2 Å². The number of carbonyl (C=O) groups is 2. The maximum atomic E-state index is 13.6. The van der Waals surface area contributed by atoms with Gasteiger partial charge in [-0.15, -0.1) is 0 Å². The molecule has 0 spiro atoms. The Balaban J connectivity index is 1.77. The zero-order chi connectivity index (χ0) is 26.9. The maximum Gasteiger partial charge on any atom is 0.201 e. The predicted octanol–water partition coefficient (Wildman–Crippen LogP) is 4.58. The zero-order valence-corrected chi connectivity index (χ0v) is 20.4. The van der Waals surface area contributed by atoms with Gasteiger partial charge in [0, 0.05) is 24.0 Å². The summed E-state index contributed by atoms with van der Waals surface area (Å²) in [7, 11) is 2.87. The fraction of sp³-hybridized carbons (Fsp3) is 0.133. The number of hydrogen-bond donors (Lipinski definition) is 4. The highest BCUT2D eigenvalue weighted by molar-refractivity contribution is 6.18. The second kappa shape index (κ2) is 8.27. The summed E-state index contributed by atoms with van der Waals surface area (Å²) >= 11 is 0. The van der Waals surface area contributed by atoms with Gasteiger partial charge in [-0.25, -0.2) is 0 Å².